The van der Waals surface area contributed by atoms with Gasteiger partial charge in [0, 0.05) is 16.8 Å². The summed E-state index contributed by atoms with van der Waals surface area (Å²) in [6, 6.07) is 4.20. The Hall–Kier alpha value is -0.830. The van der Waals surface area contributed by atoms with Gasteiger partial charge in [-0.1, -0.05) is 29.8 Å². The fraction of sp³-hybridized carbons (Fsp3) is 0.533. The highest BCUT2D eigenvalue weighted by Gasteiger charge is 2.24. The number of ketones is 1. The smallest absolute Gasteiger partial charge is 0.133 e. The van der Waals surface area contributed by atoms with Crippen molar-refractivity contribution in [2.75, 3.05) is 6.61 Å². The van der Waals surface area contributed by atoms with E-state index >= 15 is 0 Å². The van der Waals surface area contributed by atoms with Crippen molar-refractivity contribution in [3.63, 3.8) is 0 Å². The maximum Gasteiger partial charge on any atom is 0.133 e. The monoisotopic (exact) mass is 310 g/mol. The maximum atomic E-state index is 11.7. The molecular weight excluding hydrogens is 292 g/mol. The van der Waals surface area contributed by atoms with Gasteiger partial charge in [-0.05, 0) is 42.5 Å². The zero-order valence-electron chi connectivity index (χ0n) is 11.1. The third-order valence-corrected chi connectivity index (χ3v) is 4.05. The van der Waals surface area contributed by atoms with Crippen molar-refractivity contribution in [1.82, 2.24) is 0 Å². The number of rotatable bonds is 4. The molecule has 0 N–H and O–H groups in total. The lowest BCUT2D eigenvalue weighted by molar-refractivity contribution is -0.121. The van der Waals surface area contributed by atoms with Gasteiger partial charge in [0.2, 0.25) is 0 Å². The Morgan fingerprint density at radius 1 is 1.44 bits per heavy atom. The van der Waals surface area contributed by atoms with Crippen molar-refractivity contribution < 1.29 is 9.53 Å². The van der Waals surface area contributed by atoms with Gasteiger partial charge in [0.15, 0.2) is 0 Å². The Balaban J connectivity index is 2.31. The van der Waals surface area contributed by atoms with Crippen LogP contribution >= 0.6 is 15.9 Å². The van der Waals surface area contributed by atoms with Crippen LogP contribution in [0.3, 0.4) is 0 Å². The normalized spacial score (nSPS) is 15.4. The van der Waals surface area contributed by atoms with Crippen molar-refractivity contribution in [3.8, 4) is 5.75 Å². The minimum Gasteiger partial charge on any atom is -0.493 e. The number of hydrogen-bond donors (Lipinski definition) is 0. The number of benzene rings is 1. The lowest BCUT2D eigenvalue weighted by Crippen LogP contribution is -2.20. The fourth-order valence-electron chi connectivity index (χ4n) is 2.58. The summed E-state index contributed by atoms with van der Waals surface area (Å²) in [4.78, 5) is 11.7. The Morgan fingerprint density at radius 2 is 2.17 bits per heavy atom. The summed E-state index contributed by atoms with van der Waals surface area (Å²) in [6.07, 6.45) is 1.74. The van der Waals surface area contributed by atoms with Crippen molar-refractivity contribution in [1.29, 1.82) is 0 Å². The first-order valence-electron chi connectivity index (χ1n) is 6.43. The van der Waals surface area contributed by atoms with Crippen LogP contribution in [0.25, 0.3) is 0 Å². The van der Waals surface area contributed by atoms with E-state index in [9.17, 15) is 4.79 Å². The zero-order chi connectivity index (χ0) is 13.3. The quantitative estimate of drug-likeness (QED) is 0.846. The fourth-order valence-corrected chi connectivity index (χ4v) is 3.14. The molecule has 1 aliphatic heterocycles. The van der Waals surface area contributed by atoms with Gasteiger partial charge in [-0.15, -0.1) is 0 Å². The summed E-state index contributed by atoms with van der Waals surface area (Å²) in [5.41, 5.74) is 2.41. The van der Waals surface area contributed by atoms with Crippen molar-refractivity contribution in [3.05, 3.63) is 27.7 Å². The first kappa shape index (κ1) is 13.6. The summed E-state index contributed by atoms with van der Waals surface area (Å²) in [5, 5.41) is 0. The Kier molecular flexibility index (Phi) is 4.10. The van der Waals surface area contributed by atoms with E-state index in [1.54, 1.807) is 6.92 Å². The van der Waals surface area contributed by atoms with Crippen LogP contribution in [0.15, 0.2) is 16.6 Å². The third-order valence-electron chi connectivity index (χ3n) is 3.59. The molecule has 0 spiro atoms. The molecule has 1 atom stereocenters. The van der Waals surface area contributed by atoms with Gasteiger partial charge in [0.25, 0.3) is 0 Å². The van der Waals surface area contributed by atoms with E-state index in [0.29, 0.717) is 5.92 Å². The molecule has 0 radical (unpaired) electrons. The maximum absolute atomic E-state index is 11.7. The molecule has 1 aliphatic rings. The number of hydrogen-bond acceptors (Lipinski definition) is 2. The lowest BCUT2D eigenvalue weighted by Gasteiger charge is -2.19. The van der Waals surface area contributed by atoms with Crippen LogP contribution in [0.5, 0.6) is 5.75 Å². The Morgan fingerprint density at radius 3 is 2.78 bits per heavy atom. The highest BCUT2D eigenvalue weighted by Crippen LogP contribution is 2.35. The molecule has 1 heterocycles. The summed E-state index contributed by atoms with van der Waals surface area (Å²) >= 11 is 3.54. The highest BCUT2D eigenvalue weighted by atomic mass is 79.9. The van der Waals surface area contributed by atoms with Gasteiger partial charge in [-0.2, -0.15) is 0 Å². The molecule has 2 nitrogen and oxygen atoms in total. The molecule has 0 aromatic heterocycles. The number of fused-ring (bicyclic) bond motifs is 1. The van der Waals surface area contributed by atoms with Crippen LogP contribution in [0.1, 0.15) is 31.9 Å². The highest BCUT2D eigenvalue weighted by molar-refractivity contribution is 9.10. The van der Waals surface area contributed by atoms with E-state index in [2.05, 4.69) is 41.9 Å². The zero-order valence-corrected chi connectivity index (χ0v) is 12.7. The molecule has 98 valence electrons. The number of ether oxygens (including phenoxy) is 1. The van der Waals surface area contributed by atoms with Crippen LogP contribution in [0, 0.1) is 11.8 Å². The van der Waals surface area contributed by atoms with Gasteiger partial charge in [0.1, 0.15) is 11.5 Å². The van der Waals surface area contributed by atoms with E-state index in [1.165, 1.54) is 5.56 Å². The van der Waals surface area contributed by atoms with E-state index < -0.39 is 0 Å². The molecule has 2 rings (SSSR count). The lowest BCUT2D eigenvalue weighted by atomic mass is 9.85. The molecule has 0 saturated heterocycles. The van der Waals surface area contributed by atoms with Gasteiger partial charge in [0.05, 0.1) is 6.61 Å². The Bertz CT molecular complexity index is 466. The number of Topliss-reactive ketones (excluding diaryl/α,β-unsaturated/α-hetero) is 1. The molecule has 1 aromatic rings. The van der Waals surface area contributed by atoms with Crippen LogP contribution in [-0.4, -0.2) is 12.4 Å². The number of carbonyl (C=O) groups excluding carboxylic acids is 1. The largest absolute Gasteiger partial charge is 0.493 e. The number of carbonyl (C=O) groups is 1. The van der Waals surface area contributed by atoms with Crippen LogP contribution in [0.4, 0.5) is 0 Å². The summed E-state index contributed by atoms with van der Waals surface area (Å²) in [7, 11) is 0. The van der Waals surface area contributed by atoms with Crippen LogP contribution in [-0.2, 0) is 17.6 Å². The summed E-state index contributed by atoms with van der Waals surface area (Å²) in [6.45, 7) is 6.64. The second-order valence-electron chi connectivity index (χ2n) is 5.32. The van der Waals surface area contributed by atoms with Crippen molar-refractivity contribution >= 4 is 21.7 Å². The van der Waals surface area contributed by atoms with E-state index in [-0.39, 0.29) is 11.7 Å². The van der Waals surface area contributed by atoms with Gasteiger partial charge in [-0.25, -0.2) is 0 Å². The molecule has 18 heavy (non-hydrogen) atoms. The molecule has 0 saturated carbocycles. The average Bonchev–Trinajstić information content (AvgIpc) is 2.72. The molecule has 0 aliphatic carbocycles. The van der Waals surface area contributed by atoms with Crippen molar-refractivity contribution in [2.24, 2.45) is 11.8 Å². The SMILES string of the molecule is CC(=O)C(Cc1cc(Br)cc2c1OCC2)C(C)C. The Labute approximate surface area is 117 Å². The standard InChI is InChI=1S/C15H19BrO2/c1-9(2)14(10(3)17)8-12-7-13(16)6-11-4-5-18-15(11)12/h6-7,9,14H,4-5,8H2,1-3H3. The van der Waals surface area contributed by atoms with E-state index in [4.69, 9.17) is 4.74 Å². The molecule has 1 unspecified atom stereocenters. The molecule has 0 bridgehead atoms. The minimum atomic E-state index is 0.0765. The van der Waals surface area contributed by atoms with E-state index in [1.807, 2.05) is 0 Å². The molecule has 3 heteroatoms. The molecule has 0 fully saturated rings. The summed E-state index contributed by atoms with van der Waals surface area (Å²) in [5.74, 6) is 1.70. The predicted octanol–water partition coefficient (Wildman–Crippen LogP) is 3.79. The van der Waals surface area contributed by atoms with Gasteiger partial charge in [-0.3, -0.25) is 4.79 Å². The molecule has 0 amide bonds. The molecular formula is C15H19BrO2. The topological polar surface area (TPSA) is 26.3 Å². The van der Waals surface area contributed by atoms with E-state index in [0.717, 1.165) is 35.2 Å². The number of halogens is 1. The van der Waals surface area contributed by atoms with Crippen LogP contribution in [0.2, 0.25) is 0 Å². The first-order chi connectivity index (χ1) is 8.49. The third kappa shape index (κ3) is 2.77. The molecule has 1 aromatic carbocycles. The second kappa shape index (κ2) is 5.43. The van der Waals surface area contributed by atoms with Gasteiger partial charge >= 0.3 is 0 Å². The van der Waals surface area contributed by atoms with Crippen LogP contribution < -0.4 is 4.74 Å². The van der Waals surface area contributed by atoms with Crippen molar-refractivity contribution in [2.45, 2.75) is 33.6 Å². The first-order valence-corrected chi connectivity index (χ1v) is 7.23. The average molecular weight is 311 g/mol. The predicted molar refractivity (Wildman–Crippen MR) is 76.1 cm³/mol. The van der Waals surface area contributed by atoms with Gasteiger partial charge < -0.3 is 4.74 Å². The minimum absolute atomic E-state index is 0.0765. The second-order valence-corrected chi connectivity index (χ2v) is 6.23. The summed E-state index contributed by atoms with van der Waals surface area (Å²) < 4.78 is 6.79.